The Bertz CT molecular complexity index is 558. The molecule has 1 heterocycles. The molecule has 0 unspecified atom stereocenters. The van der Waals surface area contributed by atoms with Crippen molar-refractivity contribution >= 4 is 24.2 Å². The third-order valence-electron chi connectivity index (χ3n) is 3.88. The highest BCUT2D eigenvalue weighted by Crippen LogP contribution is 2.36. The van der Waals surface area contributed by atoms with Crippen LogP contribution in [0.4, 0.5) is 10.1 Å². The predicted molar refractivity (Wildman–Crippen MR) is 73.5 cm³/mol. The highest BCUT2D eigenvalue weighted by atomic mass is 19.1. The van der Waals surface area contributed by atoms with E-state index in [-0.39, 0.29) is 16.7 Å². The molecule has 1 aromatic rings. The zero-order valence-electron chi connectivity index (χ0n) is 11.9. The molecule has 5 nitrogen and oxygen atoms in total. The van der Waals surface area contributed by atoms with E-state index in [9.17, 15) is 9.18 Å². The number of carboxylic acid groups (broad SMARTS) is 1. The first-order valence-electron chi connectivity index (χ1n) is 6.23. The van der Waals surface area contributed by atoms with E-state index in [0.29, 0.717) is 0 Å². The minimum absolute atomic E-state index is 0.000972. The van der Waals surface area contributed by atoms with Crippen LogP contribution >= 0.6 is 0 Å². The summed E-state index contributed by atoms with van der Waals surface area (Å²) in [4.78, 5) is 11.0. The first-order valence-corrected chi connectivity index (χ1v) is 6.23. The maximum atomic E-state index is 14.1. The lowest BCUT2D eigenvalue weighted by molar-refractivity contribution is 0.00578. The molecule has 7 heteroatoms. The summed E-state index contributed by atoms with van der Waals surface area (Å²) in [5, 5.41) is 9.01. The lowest BCUT2D eigenvalue weighted by Crippen LogP contribution is -2.41. The van der Waals surface area contributed by atoms with Crippen LogP contribution in [0.5, 0.6) is 0 Å². The van der Waals surface area contributed by atoms with Crippen molar-refractivity contribution in [3.63, 3.8) is 0 Å². The normalized spacial score (nSPS) is 20.1. The lowest BCUT2D eigenvalue weighted by atomic mass is 9.77. The average molecular weight is 281 g/mol. The molecule has 0 spiro atoms. The molecule has 3 N–H and O–H groups in total. The van der Waals surface area contributed by atoms with Gasteiger partial charge in [0.15, 0.2) is 0 Å². The van der Waals surface area contributed by atoms with Crippen LogP contribution in [0.3, 0.4) is 0 Å². The number of benzene rings is 1. The highest BCUT2D eigenvalue weighted by molar-refractivity contribution is 6.62. The van der Waals surface area contributed by atoms with E-state index in [2.05, 4.69) is 0 Å². The number of halogens is 1. The summed E-state index contributed by atoms with van der Waals surface area (Å²) in [6, 6.07) is 2.27. The van der Waals surface area contributed by atoms with Gasteiger partial charge in [-0.25, -0.2) is 9.18 Å². The van der Waals surface area contributed by atoms with Crippen LogP contribution in [-0.2, 0) is 9.31 Å². The lowest BCUT2D eigenvalue weighted by Gasteiger charge is -2.32. The number of anilines is 1. The molecule has 0 radical (unpaired) electrons. The van der Waals surface area contributed by atoms with Gasteiger partial charge in [0.2, 0.25) is 0 Å². The van der Waals surface area contributed by atoms with Gasteiger partial charge >= 0.3 is 13.1 Å². The summed E-state index contributed by atoms with van der Waals surface area (Å²) in [5.74, 6) is -1.90. The third kappa shape index (κ3) is 2.27. The van der Waals surface area contributed by atoms with Crippen molar-refractivity contribution in [3.8, 4) is 0 Å². The quantitative estimate of drug-likeness (QED) is 0.632. The number of hydrogen-bond donors (Lipinski definition) is 2. The Morgan fingerprint density at radius 3 is 2.20 bits per heavy atom. The summed E-state index contributed by atoms with van der Waals surface area (Å²) >= 11 is 0. The SMILES string of the molecule is CC1(C)OB(c2cc(C(=O)O)cc(N)c2F)OC1(C)C. The molecular formula is C13H17BFNO4. The van der Waals surface area contributed by atoms with Gasteiger partial charge in [0.1, 0.15) is 5.82 Å². The number of hydrogen-bond acceptors (Lipinski definition) is 4. The maximum absolute atomic E-state index is 14.1. The van der Waals surface area contributed by atoms with Crippen LogP contribution in [0.25, 0.3) is 0 Å². The molecule has 0 aromatic heterocycles. The number of carboxylic acids is 1. The van der Waals surface area contributed by atoms with Gasteiger partial charge in [-0.2, -0.15) is 0 Å². The zero-order chi connectivity index (χ0) is 15.3. The van der Waals surface area contributed by atoms with Crippen molar-refractivity contribution in [2.24, 2.45) is 0 Å². The van der Waals surface area contributed by atoms with Crippen LogP contribution in [0.15, 0.2) is 12.1 Å². The summed E-state index contributed by atoms with van der Waals surface area (Å²) in [6.07, 6.45) is 0. The number of rotatable bonds is 2. The Labute approximate surface area is 117 Å². The molecule has 0 aliphatic carbocycles. The highest BCUT2D eigenvalue weighted by Gasteiger charge is 2.52. The molecule has 20 heavy (non-hydrogen) atoms. The Kier molecular flexibility index (Phi) is 3.30. The second-order valence-corrected chi connectivity index (χ2v) is 5.86. The molecular weight excluding hydrogens is 264 g/mol. The Morgan fingerprint density at radius 1 is 1.25 bits per heavy atom. The van der Waals surface area contributed by atoms with Gasteiger partial charge in [-0.05, 0) is 39.8 Å². The first-order chi connectivity index (χ1) is 9.05. The molecule has 1 saturated heterocycles. The smallest absolute Gasteiger partial charge is 0.478 e. The van der Waals surface area contributed by atoms with Gasteiger partial charge in [0.25, 0.3) is 0 Å². The molecule has 108 valence electrons. The van der Waals surface area contributed by atoms with E-state index in [1.165, 1.54) is 6.07 Å². The second-order valence-electron chi connectivity index (χ2n) is 5.86. The summed E-state index contributed by atoms with van der Waals surface area (Å²) < 4.78 is 25.5. The number of nitrogen functional groups attached to an aromatic ring is 1. The molecule has 1 aliphatic heterocycles. The molecule has 1 aliphatic rings. The molecule has 1 fully saturated rings. The number of carbonyl (C=O) groups is 1. The van der Waals surface area contributed by atoms with Crippen LogP contribution in [-0.4, -0.2) is 29.4 Å². The molecule has 0 bridgehead atoms. The van der Waals surface area contributed by atoms with E-state index in [0.717, 1.165) is 6.07 Å². The van der Waals surface area contributed by atoms with Gasteiger partial charge in [-0.1, -0.05) is 0 Å². The van der Waals surface area contributed by atoms with E-state index < -0.39 is 30.1 Å². The standard InChI is InChI=1S/C13H17BFNO4/c1-12(2)13(3,4)20-14(19-12)8-5-7(11(17)18)6-9(16)10(8)15/h5-6H,16H2,1-4H3,(H,17,18). The predicted octanol–water partition coefficient (Wildman–Crippen LogP) is 1.41. The largest absolute Gasteiger partial charge is 0.497 e. The van der Waals surface area contributed by atoms with Crippen molar-refractivity contribution in [1.29, 1.82) is 0 Å². The van der Waals surface area contributed by atoms with Gasteiger partial charge < -0.3 is 20.1 Å². The molecule has 0 saturated carbocycles. The van der Waals surface area contributed by atoms with Gasteiger partial charge in [-0.15, -0.1) is 0 Å². The molecule has 0 atom stereocenters. The zero-order valence-corrected chi connectivity index (χ0v) is 11.9. The minimum atomic E-state index is -1.19. The van der Waals surface area contributed by atoms with E-state index in [1.54, 1.807) is 0 Å². The van der Waals surface area contributed by atoms with Gasteiger partial charge in [0, 0.05) is 5.46 Å². The van der Waals surface area contributed by atoms with Crippen molar-refractivity contribution in [2.75, 3.05) is 5.73 Å². The van der Waals surface area contributed by atoms with Crippen molar-refractivity contribution in [1.82, 2.24) is 0 Å². The fourth-order valence-corrected chi connectivity index (χ4v) is 1.94. The van der Waals surface area contributed by atoms with E-state index in [4.69, 9.17) is 20.1 Å². The fourth-order valence-electron chi connectivity index (χ4n) is 1.94. The topological polar surface area (TPSA) is 81.8 Å². The summed E-state index contributed by atoms with van der Waals surface area (Å²) in [5.41, 5.74) is 3.89. The second kappa shape index (κ2) is 4.46. The number of aromatic carboxylic acids is 1. The van der Waals surface area contributed by atoms with Crippen LogP contribution in [0.2, 0.25) is 0 Å². The summed E-state index contributed by atoms with van der Waals surface area (Å²) in [7, 11) is -0.985. The molecule has 2 rings (SSSR count). The van der Waals surface area contributed by atoms with E-state index in [1.807, 2.05) is 27.7 Å². The maximum Gasteiger partial charge on any atom is 0.497 e. The van der Waals surface area contributed by atoms with Crippen molar-refractivity contribution < 1.29 is 23.6 Å². The Morgan fingerprint density at radius 2 is 1.75 bits per heavy atom. The van der Waals surface area contributed by atoms with Gasteiger partial charge in [0.05, 0.1) is 22.5 Å². The average Bonchev–Trinajstić information content (AvgIpc) is 2.51. The molecule has 0 amide bonds. The van der Waals surface area contributed by atoms with Crippen molar-refractivity contribution in [2.45, 2.75) is 38.9 Å². The van der Waals surface area contributed by atoms with Crippen molar-refractivity contribution in [3.05, 3.63) is 23.5 Å². The first kappa shape index (κ1) is 14.8. The molecule has 1 aromatic carbocycles. The summed E-state index contributed by atoms with van der Waals surface area (Å²) in [6.45, 7) is 7.31. The fraction of sp³-hybridized carbons (Fsp3) is 0.462. The number of nitrogens with two attached hydrogens (primary N) is 1. The van der Waals surface area contributed by atoms with Gasteiger partial charge in [-0.3, -0.25) is 0 Å². The Hall–Kier alpha value is -1.60. The minimum Gasteiger partial charge on any atom is -0.478 e. The third-order valence-corrected chi connectivity index (χ3v) is 3.88. The Balaban J connectivity index is 2.47. The van der Waals surface area contributed by atoms with Crippen LogP contribution in [0.1, 0.15) is 38.1 Å². The monoisotopic (exact) mass is 281 g/mol. The van der Waals surface area contributed by atoms with Crippen LogP contribution in [0, 0.1) is 5.82 Å². The van der Waals surface area contributed by atoms with E-state index >= 15 is 0 Å². The van der Waals surface area contributed by atoms with Crippen LogP contribution < -0.4 is 11.2 Å².